The lowest BCUT2D eigenvalue weighted by molar-refractivity contribution is 1.20. The molecule has 2 N–H and O–H groups in total. The highest BCUT2D eigenvalue weighted by atomic mass is 32.1. The summed E-state index contributed by atoms with van der Waals surface area (Å²) in [5.74, 6) is 0. The van der Waals surface area contributed by atoms with Crippen LogP contribution in [0.2, 0.25) is 0 Å². The Hall–Kier alpha value is -1.42. The predicted octanol–water partition coefficient (Wildman–Crippen LogP) is 2.10. The highest BCUT2D eigenvalue weighted by Crippen LogP contribution is 2.18. The van der Waals surface area contributed by atoms with E-state index in [2.05, 4.69) is 9.36 Å². The molecule has 0 aliphatic heterocycles. The lowest BCUT2D eigenvalue weighted by Crippen LogP contribution is -1.93. The van der Waals surface area contributed by atoms with Crippen LogP contribution in [-0.4, -0.2) is 9.36 Å². The molecule has 2 heterocycles. The molecule has 2 aromatic rings. The zero-order chi connectivity index (χ0) is 9.26. The Bertz CT molecular complexity index is 409. The summed E-state index contributed by atoms with van der Waals surface area (Å²) >= 11 is 1.42. The Morgan fingerprint density at radius 3 is 2.69 bits per heavy atom. The molecule has 3 nitrogen and oxygen atoms in total. The van der Waals surface area contributed by atoms with Crippen LogP contribution in [-0.2, 0) is 0 Å². The molecule has 0 fully saturated rings. The summed E-state index contributed by atoms with van der Waals surface area (Å²) in [5.41, 5.74) is 9.03. The first kappa shape index (κ1) is 8.19. The van der Waals surface area contributed by atoms with Gasteiger partial charge in [0.25, 0.3) is 0 Å². The maximum Gasteiger partial charge on any atom is 0.102 e. The first-order valence-electron chi connectivity index (χ1n) is 3.91. The molecule has 0 aliphatic rings. The number of aryl methyl sites for hydroxylation is 1. The van der Waals surface area contributed by atoms with E-state index in [4.69, 9.17) is 5.73 Å². The van der Waals surface area contributed by atoms with Crippen molar-refractivity contribution in [3.05, 3.63) is 29.3 Å². The van der Waals surface area contributed by atoms with Gasteiger partial charge in [-0.15, -0.1) is 0 Å². The Morgan fingerprint density at radius 1 is 1.23 bits per heavy atom. The van der Waals surface area contributed by atoms with Crippen molar-refractivity contribution in [3.63, 3.8) is 0 Å². The molecule has 66 valence electrons. The Kier molecular flexibility index (Phi) is 1.98. The average Bonchev–Trinajstić information content (AvgIpc) is 2.62. The van der Waals surface area contributed by atoms with Gasteiger partial charge in [0.2, 0.25) is 0 Å². The molecule has 2 aromatic heterocycles. The first-order chi connectivity index (χ1) is 6.27. The topological polar surface area (TPSA) is 51.8 Å². The van der Waals surface area contributed by atoms with Gasteiger partial charge in [0, 0.05) is 5.38 Å². The fraction of sp³-hybridized carbons (Fsp3) is 0.111. The van der Waals surface area contributed by atoms with E-state index < -0.39 is 0 Å². The highest BCUT2D eigenvalue weighted by Gasteiger charge is 2.02. The van der Waals surface area contributed by atoms with Crippen molar-refractivity contribution in [2.24, 2.45) is 0 Å². The summed E-state index contributed by atoms with van der Waals surface area (Å²) < 4.78 is 4.20. The average molecular weight is 191 g/mol. The number of nitrogens with zero attached hydrogens (tertiary/aromatic N) is 2. The van der Waals surface area contributed by atoms with Gasteiger partial charge in [-0.3, -0.25) is 0 Å². The normalized spacial score (nSPS) is 10.2. The number of nitrogen functional groups attached to an aromatic ring is 1. The summed E-state index contributed by atoms with van der Waals surface area (Å²) in [5, 5.41) is 1.93. The molecule has 0 aliphatic carbocycles. The van der Waals surface area contributed by atoms with Gasteiger partial charge < -0.3 is 5.73 Å². The van der Waals surface area contributed by atoms with Crippen LogP contribution < -0.4 is 5.73 Å². The minimum absolute atomic E-state index is 0.721. The number of hydrogen-bond acceptors (Lipinski definition) is 4. The van der Waals surface area contributed by atoms with E-state index in [1.807, 2.05) is 30.5 Å². The second-order valence-electron chi connectivity index (χ2n) is 2.76. The van der Waals surface area contributed by atoms with Crippen molar-refractivity contribution in [3.8, 4) is 11.4 Å². The molecule has 0 unspecified atom stereocenters. The maximum absolute atomic E-state index is 5.66. The fourth-order valence-electron chi connectivity index (χ4n) is 1.06. The van der Waals surface area contributed by atoms with Crippen LogP contribution in [0.1, 0.15) is 5.69 Å². The molecule has 0 bridgehead atoms. The Morgan fingerprint density at radius 2 is 2.08 bits per heavy atom. The lowest BCUT2D eigenvalue weighted by atomic mass is 10.2. The zero-order valence-electron chi connectivity index (χ0n) is 7.19. The summed E-state index contributed by atoms with van der Waals surface area (Å²) in [4.78, 5) is 4.33. The Labute approximate surface area is 80.4 Å². The highest BCUT2D eigenvalue weighted by molar-refractivity contribution is 7.03. The van der Waals surface area contributed by atoms with Gasteiger partial charge in [0.1, 0.15) is 5.69 Å². The molecule has 0 spiro atoms. The third-order valence-electron chi connectivity index (χ3n) is 1.83. The second-order valence-corrected chi connectivity index (χ2v) is 3.42. The van der Waals surface area contributed by atoms with Crippen LogP contribution in [0, 0.1) is 6.92 Å². The summed E-state index contributed by atoms with van der Waals surface area (Å²) in [7, 11) is 0. The SMILES string of the molecule is Cc1nc(-c2ccsn2)ccc1N. The molecule has 0 amide bonds. The van der Waals surface area contributed by atoms with Crippen LogP contribution in [0.4, 0.5) is 5.69 Å². The van der Waals surface area contributed by atoms with E-state index in [1.54, 1.807) is 0 Å². The van der Waals surface area contributed by atoms with Crippen molar-refractivity contribution < 1.29 is 0 Å². The van der Waals surface area contributed by atoms with Crippen LogP contribution in [0.25, 0.3) is 11.4 Å². The van der Waals surface area contributed by atoms with Crippen LogP contribution >= 0.6 is 11.5 Å². The van der Waals surface area contributed by atoms with Crippen LogP contribution in [0.3, 0.4) is 0 Å². The largest absolute Gasteiger partial charge is 0.397 e. The van der Waals surface area contributed by atoms with E-state index in [9.17, 15) is 0 Å². The number of nitrogens with two attached hydrogens (primary N) is 1. The minimum Gasteiger partial charge on any atom is -0.397 e. The standard InChI is InChI=1S/C9H9N3S/c1-6-7(10)2-3-8(11-6)9-4-5-13-12-9/h2-5H,10H2,1H3. The molecule has 0 saturated carbocycles. The molecular formula is C9H9N3S. The van der Waals surface area contributed by atoms with Crippen molar-refractivity contribution in [1.29, 1.82) is 0 Å². The van der Waals surface area contributed by atoms with Crippen molar-refractivity contribution in [2.45, 2.75) is 6.92 Å². The third kappa shape index (κ3) is 1.53. The number of rotatable bonds is 1. The second kappa shape index (κ2) is 3.14. The van der Waals surface area contributed by atoms with Gasteiger partial charge in [-0.2, -0.15) is 4.37 Å². The summed E-state index contributed by atoms with van der Waals surface area (Å²) in [6, 6.07) is 5.69. The summed E-state index contributed by atoms with van der Waals surface area (Å²) in [6.45, 7) is 1.89. The smallest absolute Gasteiger partial charge is 0.102 e. The Balaban J connectivity index is 2.49. The molecule has 0 aromatic carbocycles. The zero-order valence-corrected chi connectivity index (χ0v) is 8.01. The van der Waals surface area contributed by atoms with E-state index in [-0.39, 0.29) is 0 Å². The van der Waals surface area contributed by atoms with Gasteiger partial charge in [-0.1, -0.05) is 0 Å². The number of aromatic nitrogens is 2. The van der Waals surface area contributed by atoms with Crippen LogP contribution in [0.5, 0.6) is 0 Å². The van der Waals surface area contributed by atoms with E-state index in [1.165, 1.54) is 11.5 Å². The lowest BCUT2D eigenvalue weighted by Gasteiger charge is -2.00. The molecule has 13 heavy (non-hydrogen) atoms. The fourth-order valence-corrected chi connectivity index (χ4v) is 1.58. The molecule has 0 radical (unpaired) electrons. The van der Waals surface area contributed by atoms with Crippen molar-refractivity contribution in [2.75, 3.05) is 5.73 Å². The minimum atomic E-state index is 0.721. The molecule has 4 heteroatoms. The van der Waals surface area contributed by atoms with E-state index in [0.29, 0.717) is 0 Å². The maximum atomic E-state index is 5.66. The molecule has 0 atom stereocenters. The first-order valence-corrected chi connectivity index (χ1v) is 4.75. The summed E-state index contributed by atoms with van der Waals surface area (Å²) in [6.07, 6.45) is 0. The van der Waals surface area contributed by atoms with Gasteiger partial charge in [-0.05, 0) is 36.7 Å². The number of anilines is 1. The molecule has 2 rings (SSSR count). The molecule has 0 saturated heterocycles. The van der Waals surface area contributed by atoms with Gasteiger partial charge in [0.15, 0.2) is 0 Å². The van der Waals surface area contributed by atoms with Gasteiger partial charge in [0.05, 0.1) is 17.1 Å². The van der Waals surface area contributed by atoms with Crippen LogP contribution in [0.15, 0.2) is 23.6 Å². The van der Waals surface area contributed by atoms with Gasteiger partial charge >= 0.3 is 0 Å². The number of hydrogen-bond donors (Lipinski definition) is 1. The van der Waals surface area contributed by atoms with E-state index >= 15 is 0 Å². The third-order valence-corrected chi connectivity index (χ3v) is 2.39. The van der Waals surface area contributed by atoms with Crippen molar-refractivity contribution >= 4 is 17.2 Å². The van der Waals surface area contributed by atoms with Gasteiger partial charge in [-0.25, -0.2) is 4.98 Å². The monoisotopic (exact) mass is 191 g/mol. The predicted molar refractivity (Wildman–Crippen MR) is 54.5 cm³/mol. The quantitative estimate of drug-likeness (QED) is 0.751. The number of pyridine rings is 1. The van der Waals surface area contributed by atoms with E-state index in [0.717, 1.165) is 22.8 Å². The van der Waals surface area contributed by atoms with Crippen molar-refractivity contribution in [1.82, 2.24) is 9.36 Å². The molecular weight excluding hydrogens is 182 g/mol.